The molecular formula is C26H31ClN4O3. The van der Waals surface area contributed by atoms with Crippen LogP contribution in [0.3, 0.4) is 0 Å². The van der Waals surface area contributed by atoms with Crippen LogP contribution in [0.4, 0.5) is 4.79 Å². The van der Waals surface area contributed by atoms with Crippen LogP contribution in [0, 0.1) is 0 Å². The second-order valence-corrected chi connectivity index (χ2v) is 9.97. The predicted octanol–water partition coefficient (Wildman–Crippen LogP) is 3.25. The molecule has 7 nitrogen and oxygen atoms in total. The van der Waals surface area contributed by atoms with Crippen LogP contribution in [0.25, 0.3) is 0 Å². The molecule has 1 atom stereocenters. The molecule has 2 saturated heterocycles. The molecule has 0 aromatic heterocycles. The molecular weight excluding hydrogens is 452 g/mol. The molecule has 2 aromatic carbocycles. The standard InChI is InChI=1S/C26H31ClN4O3/c1-26(21-6-5-19-3-2-4-20(19)17-21)24(32)31(25(33)28-26)18-30-13-11-29(12-14-30)15-16-34-23-9-7-22(27)8-10-23/h5-10,17H,2-4,11-16,18H2,1H3,(H,28,33). The summed E-state index contributed by atoms with van der Waals surface area (Å²) in [5.74, 6) is 0.641. The lowest BCUT2D eigenvalue weighted by molar-refractivity contribution is -0.132. The predicted molar refractivity (Wildman–Crippen MR) is 131 cm³/mol. The normalized spacial score (nSPS) is 23.3. The molecule has 1 unspecified atom stereocenters. The van der Waals surface area contributed by atoms with Crippen LogP contribution < -0.4 is 10.1 Å². The zero-order valence-corrected chi connectivity index (χ0v) is 20.3. The van der Waals surface area contributed by atoms with Crippen molar-refractivity contribution < 1.29 is 14.3 Å². The van der Waals surface area contributed by atoms with E-state index in [4.69, 9.17) is 16.3 Å². The van der Waals surface area contributed by atoms with Gasteiger partial charge in [-0.15, -0.1) is 0 Å². The monoisotopic (exact) mass is 482 g/mol. The van der Waals surface area contributed by atoms with E-state index in [1.54, 1.807) is 0 Å². The number of hydrogen-bond donors (Lipinski definition) is 1. The summed E-state index contributed by atoms with van der Waals surface area (Å²) < 4.78 is 5.80. The Bertz CT molecular complexity index is 1070. The van der Waals surface area contributed by atoms with E-state index in [0.29, 0.717) is 18.3 Å². The molecule has 0 spiro atoms. The molecule has 3 aliphatic rings. The number of rotatable bonds is 7. The molecule has 0 saturated carbocycles. The molecule has 5 rings (SSSR count). The van der Waals surface area contributed by atoms with Crippen LogP contribution >= 0.6 is 11.6 Å². The summed E-state index contributed by atoms with van der Waals surface area (Å²) >= 11 is 5.91. The van der Waals surface area contributed by atoms with E-state index < -0.39 is 5.54 Å². The fraction of sp³-hybridized carbons (Fsp3) is 0.462. The minimum atomic E-state index is -1.00. The van der Waals surface area contributed by atoms with Gasteiger partial charge in [-0.2, -0.15) is 0 Å². The molecule has 8 heteroatoms. The molecule has 2 heterocycles. The highest BCUT2D eigenvalue weighted by Crippen LogP contribution is 2.32. The Morgan fingerprint density at radius 3 is 2.44 bits per heavy atom. The first-order chi connectivity index (χ1) is 16.4. The largest absolute Gasteiger partial charge is 0.492 e. The van der Waals surface area contributed by atoms with Gasteiger partial charge in [0.2, 0.25) is 0 Å². The van der Waals surface area contributed by atoms with Gasteiger partial charge in [-0.3, -0.25) is 14.6 Å². The van der Waals surface area contributed by atoms with Gasteiger partial charge in [-0.05, 0) is 67.1 Å². The summed E-state index contributed by atoms with van der Waals surface area (Å²) in [6.07, 6.45) is 3.29. The Morgan fingerprint density at radius 1 is 0.971 bits per heavy atom. The van der Waals surface area contributed by atoms with Gasteiger partial charge in [0.1, 0.15) is 17.9 Å². The fourth-order valence-corrected chi connectivity index (χ4v) is 5.21. The number of amides is 3. The number of ether oxygens (including phenoxy) is 1. The summed E-state index contributed by atoms with van der Waals surface area (Å²) in [7, 11) is 0. The van der Waals surface area contributed by atoms with Crippen molar-refractivity contribution in [1.29, 1.82) is 0 Å². The number of piperazine rings is 1. The van der Waals surface area contributed by atoms with Crippen LogP contribution in [0.15, 0.2) is 42.5 Å². The average Bonchev–Trinajstić information content (AvgIpc) is 3.39. The average molecular weight is 483 g/mol. The van der Waals surface area contributed by atoms with Gasteiger partial charge >= 0.3 is 6.03 Å². The maximum absolute atomic E-state index is 13.4. The van der Waals surface area contributed by atoms with E-state index in [0.717, 1.165) is 63.3 Å². The molecule has 2 aliphatic heterocycles. The third kappa shape index (κ3) is 4.65. The van der Waals surface area contributed by atoms with E-state index in [1.165, 1.54) is 16.0 Å². The summed E-state index contributed by atoms with van der Waals surface area (Å²) in [4.78, 5) is 32.0. The van der Waals surface area contributed by atoms with Gasteiger partial charge in [0.15, 0.2) is 0 Å². The number of hydrogen-bond acceptors (Lipinski definition) is 5. The molecule has 2 aromatic rings. The maximum atomic E-state index is 13.4. The lowest BCUT2D eigenvalue weighted by atomic mass is 9.90. The zero-order valence-electron chi connectivity index (χ0n) is 19.6. The minimum absolute atomic E-state index is 0.172. The van der Waals surface area contributed by atoms with E-state index in [9.17, 15) is 9.59 Å². The number of fused-ring (bicyclic) bond motifs is 1. The second-order valence-electron chi connectivity index (χ2n) is 9.53. The first kappa shape index (κ1) is 23.1. The Labute approximate surface area is 205 Å². The Kier molecular flexibility index (Phi) is 6.51. The van der Waals surface area contributed by atoms with Crippen molar-refractivity contribution in [2.75, 3.05) is 46.0 Å². The molecule has 180 valence electrons. The lowest BCUT2D eigenvalue weighted by Gasteiger charge is -2.36. The molecule has 34 heavy (non-hydrogen) atoms. The van der Waals surface area contributed by atoms with Gasteiger partial charge < -0.3 is 10.1 Å². The van der Waals surface area contributed by atoms with Gasteiger partial charge in [-0.1, -0.05) is 29.8 Å². The van der Waals surface area contributed by atoms with E-state index in [1.807, 2.05) is 37.3 Å². The molecule has 2 fully saturated rings. The number of carbonyl (C=O) groups is 2. The van der Waals surface area contributed by atoms with Gasteiger partial charge in [0, 0.05) is 37.7 Å². The highest BCUT2D eigenvalue weighted by atomic mass is 35.5. The second kappa shape index (κ2) is 9.56. The number of urea groups is 1. The Balaban J connectivity index is 1.12. The van der Waals surface area contributed by atoms with Crippen LogP contribution in [0.5, 0.6) is 5.75 Å². The van der Waals surface area contributed by atoms with Crippen LogP contribution in [0.1, 0.15) is 30.0 Å². The lowest BCUT2D eigenvalue weighted by Crippen LogP contribution is -2.52. The smallest absolute Gasteiger partial charge is 0.326 e. The number of carbonyl (C=O) groups excluding carboxylic acids is 2. The highest BCUT2D eigenvalue weighted by Gasteiger charge is 2.49. The van der Waals surface area contributed by atoms with E-state index >= 15 is 0 Å². The summed E-state index contributed by atoms with van der Waals surface area (Å²) in [6, 6.07) is 13.3. The van der Waals surface area contributed by atoms with Crippen molar-refractivity contribution >= 4 is 23.5 Å². The van der Waals surface area contributed by atoms with Crippen molar-refractivity contribution in [3.63, 3.8) is 0 Å². The molecule has 0 radical (unpaired) electrons. The van der Waals surface area contributed by atoms with Crippen molar-refractivity contribution in [2.45, 2.75) is 31.7 Å². The quantitative estimate of drug-likeness (QED) is 0.614. The van der Waals surface area contributed by atoms with Crippen molar-refractivity contribution in [3.8, 4) is 5.75 Å². The third-order valence-electron chi connectivity index (χ3n) is 7.25. The van der Waals surface area contributed by atoms with Crippen molar-refractivity contribution in [3.05, 3.63) is 64.2 Å². The van der Waals surface area contributed by atoms with Crippen LogP contribution in [0.2, 0.25) is 5.02 Å². The first-order valence-electron chi connectivity index (χ1n) is 12.0. The number of aryl methyl sites for hydroxylation is 2. The zero-order chi connectivity index (χ0) is 23.7. The van der Waals surface area contributed by atoms with Gasteiger partial charge in [0.25, 0.3) is 5.91 Å². The number of halogens is 1. The topological polar surface area (TPSA) is 65.1 Å². The van der Waals surface area contributed by atoms with Crippen LogP contribution in [-0.2, 0) is 23.2 Å². The molecule has 3 amide bonds. The summed E-state index contributed by atoms with van der Waals surface area (Å²) in [5.41, 5.74) is 2.53. The Hall–Kier alpha value is -2.61. The molecule has 1 N–H and O–H groups in total. The van der Waals surface area contributed by atoms with E-state index in [2.05, 4.69) is 27.2 Å². The van der Waals surface area contributed by atoms with Gasteiger partial charge in [-0.25, -0.2) is 9.69 Å². The third-order valence-corrected chi connectivity index (χ3v) is 7.50. The molecule has 1 aliphatic carbocycles. The number of nitrogens with zero attached hydrogens (tertiary/aromatic N) is 3. The SMILES string of the molecule is CC1(c2ccc3c(c2)CCC3)NC(=O)N(CN2CCN(CCOc3ccc(Cl)cc3)CC2)C1=O. The van der Waals surface area contributed by atoms with Crippen molar-refractivity contribution in [2.24, 2.45) is 0 Å². The number of imide groups is 1. The van der Waals surface area contributed by atoms with Crippen molar-refractivity contribution in [1.82, 2.24) is 20.0 Å². The maximum Gasteiger partial charge on any atom is 0.326 e. The fourth-order valence-electron chi connectivity index (χ4n) is 5.08. The van der Waals surface area contributed by atoms with Crippen LogP contribution in [-0.4, -0.2) is 72.6 Å². The minimum Gasteiger partial charge on any atom is -0.492 e. The molecule has 0 bridgehead atoms. The van der Waals surface area contributed by atoms with E-state index in [-0.39, 0.29) is 11.9 Å². The number of benzene rings is 2. The summed E-state index contributed by atoms with van der Waals surface area (Å²) in [5, 5.41) is 3.65. The first-order valence-corrected chi connectivity index (χ1v) is 12.4. The van der Waals surface area contributed by atoms with Gasteiger partial charge in [0.05, 0.1) is 6.67 Å². The summed E-state index contributed by atoms with van der Waals surface area (Å²) in [6.45, 7) is 6.92. The highest BCUT2D eigenvalue weighted by molar-refractivity contribution is 6.30. The Morgan fingerprint density at radius 2 is 1.68 bits per heavy atom. The number of nitrogens with one attached hydrogen (secondary N) is 1.